The van der Waals surface area contributed by atoms with E-state index in [1.165, 1.54) is 11.3 Å². The second-order valence-electron chi connectivity index (χ2n) is 5.68. The van der Waals surface area contributed by atoms with Crippen molar-refractivity contribution < 1.29 is 4.79 Å². The maximum absolute atomic E-state index is 12.7. The quantitative estimate of drug-likeness (QED) is 0.388. The van der Waals surface area contributed by atoms with E-state index in [1.807, 2.05) is 30.3 Å². The molecule has 1 aromatic heterocycles. The van der Waals surface area contributed by atoms with E-state index in [4.69, 9.17) is 35.4 Å². The highest BCUT2D eigenvalue weighted by molar-refractivity contribution is 7.80. The molecule has 0 spiro atoms. The van der Waals surface area contributed by atoms with Crippen LogP contribution in [0.25, 0.3) is 21.0 Å². The molecule has 134 valence electrons. The molecule has 0 fully saturated rings. The maximum Gasteiger partial charge on any atom is 0.258 e. The summed E-state index contributed by atoms with van der Waals surface area (Å²) >= 11 is 18.9. The topological polar surface area (TPSA) is 54.0 Å². The largest absolute Gasteiger partial charge is 0.308 e. The van der Waals surface area contributed by atoms with Crippen molar-refractivity contribution in [1.82, 2.24) is 10.3 Å². The summed E-state index contributed by atoms with van der Waals surface area (Å²) in [7, 11) is 0. The molecule has 4 rings (SSSR count). The number of halogens is 2. The Morgan fingerprint density at radius 3 is 2.67 bits per heavy atom. The summed E-state index contributed by atoms with van der Waals surface area (Å²) in [5, 5.41) is 9.20. The number of fused-ring (bicyclic) bond motifs is 2. The molecule has 2 N–H and O–H groups in total. The molecule has 0 saturated carbocycles. The van der Waals surface area contributed by atoms with Crippen LogP contribution in [0.5, 0.6) is 0 Å². The Morgan fingerprint density at radius 1 is 1.04 bits per heavy atom. The van der Waals surface area contributed by atoms with Gasteiger partial charge in [-0.2, -0.15) is 0 Å². The molecule has 0 aliphatic heterocycles. The lowest BCUT2D eigenvalue weighted by Crippen LogP contribution is -2.34. The molecule has 8 heteroatoms. The average Bonchev–Trinajstić information content (AvgIpc) is 3.02. The first-order valence-electron chi connectivity index (χ1n) is 7.87. The smallest absolute Gasteiger partial charge is 0.258 e. The number of anilines is 1. The van der Waals surface area contributed by atoms with Gasteiger partial charge in [0, 0.05) is 21.0 Å². The second-order valence-corrected chi connectivity index (χ2v) is 7.96. The molecule has 3 aromatic carbocycles. The highest BCUT2D eigenvalue weighted by atomic mass is 35.5. The number of aromatic nitrogens is 1. The van der Waals surface area contributed by atoms with E-state index in [-0.39, 0.29) is 11.0 Å². The molecule has 0 saturated heterocycles. The van der Waals surface area contributed by atoms with Gasteiger partial charge < -0.3 is 5.32 Å². The predicted molar refractivity (Wildman–Crippen MR) is 117 cm³/mol. The number of thiazole rings is 1. The summed E-state index contributed by atoms with van der Waals surface area (Å²) in [6.45, 7) is 0. The number of carbonyl (C=O) groups is 1. The summed E-state index contributed by atoms with van der Waals surface area (Å²) in [6, 6.07) is 16.3. The Labute approximate surface area is 174 Å². The zero-order valence-corrected chi connectivity index (χ0v) is 16.8. The third-order valence-electron chi connectivity index (χ3n) is 3.91. The Kier molecular flexibility index (Phi) is 4.97. The molecule has 27 heavy (non-hydrogen) atoms. The Hall–Kier alpha value is -2.25. The van der Waals surface area contributed by atoms with E-state index >= 15 is 0 Å². The molecule has 0 aliphatic carbocycles. The molecule has 4 nitrogen and oxygen atoms in total. The van der Waals surface area contributed by atoms with Gasteiger partial charge in [0.25, 0.3) is 5.91 Å². The highest BCUT2D eigenvalue weighted by Crippen LogP contribution is 2.28. The van der Waals surface area contributed by atoms with Crippen LogP contribution in [0.3, 0.4) is 0 Å². The zero-order chi connectivity index (χ0) is 19.0. The molecule has 0 bridgehead atoms. The van der Waals surface area contributed by atoms with E-state index in [2.05, 4.69) is 15.6 Å². The summed E-state index contributed by atoms with van der Waals surface area (Å²) in [5.41, 5.74) is 1.31. The number of thiocarbonyl (C=S) groups is 1. The van der Waals surface area contributed by atoms with Gasteiger partial charge in [-0.3, -0.25) is 10.1 Å². The Balaban J connectivity index is 1.54. The summed E-state index contributed by atoms with van der Waals surface area (Å²) in [6.07, 6.45) is 0. The van der Waals surface area contributed by atoms with E-state index in [0.717, 1.165) is 21.0 Å². The number of benzene rings is 3. The van der Waals surface area contributed by atoms with Gasteiger partial charge in [0.2, 0.25) is 0 Å². The minimum Gasteiger partial charge on any atom is -0.308 e. The summed E-state index contributed by atoms with van der Waals surface area (Å²) in [5.74, 6) is -0.315. The van der Waals surface area contributed by atoms with Crippen molar-refractivity contribution in [3.05, 3.63) is 70.2 Å². The first kappa shape index (κ1) is 18.1. The molecule has 0 radical (unpaired) electrons. The first-order valence-corrected chi connectivity index (χ1v) is 9.85. The fourth-order valence-corrected chi connectivity index (χ4v) is 4.36. The van der Waals surface area contributed by atoms with Crippen molar-refractivity contribution in [3.8, 4) is 0 Å². The summed E-state index contributed by atoms with van der Waals surface area (Å²) < 4.78 is 0.933. The van der Waals surface area contributed by atoms with E-state index < -0.39 is 0 Å². The SMILES string of the molecule is O=C(NC(=S)Nc1nc2ccc(Cl)cc2s1)c1cccc2c(Cl)cccc12. The van der Waals surface area contributed by atoms with Crippen molar-refractivity contribution in [2.75, 3.05) is 5.32 Å². The van der Waals surface area contributed by atoms with E-state index in [1.54, 1.807) is 24.3 Å². The van der Waals surface area contributed by atoms with Gasteiger partial charge in [0.05, 0.1) is 10.2 Å². The lowest BCUT2D eigenvalue weighted by Gasteiger charge is -2.10. The third kappa shape index (κ3) is 3.75. The molecular weight excluding hydrogens is 421 g/mol. The summed E-state index contributed by atoms with van der Waals surface area (Å²) in [4.78, 5) is 17.1. The van der Waals surface area contributed by atoms with Crippen molar-refractivity contribution in [1.29, 1.82) is 0 Å². The van der Waals surface area contributed by atoms with Gasteiger partial charge in [0.1, 0.15) is 0 Å². The highest BCUT2D eigenvalue weighted by Gasteiger charge is 2.13. The molecule has 1 amide bonds. The Morgan fingerprint density at radius 2 is 1.81 bits per heavy atom. The maximum atomic E-state index is 12.7. The van der Waals surface area contributed by atoms with Crippen LogP contribution >= 0.6 is 46.8 Å². The van der Waals surface area contributed by atoms with Crippen molar-refractivity contribution in [3.63, 3.8) is 0 Å². The van der Waals surface area contributed by atoms with Gasteiger partial charge in [-0.1, -0.05) is 58.8 Å². The number of rotatable bonds is 2. The van der Waals surface area contributed by atoms with Gasteiger partial charge in [0.15, 0.2) is 10.2 Å². The molecule has 1 heterocycles. The molecule has 0 unspecified atom stereocenters. The molecule has 4 aromatic rings. The fourth-order valence-electron chi connectivity index (χ4n) is 2.72. The molecule has 0 atom stereocenters. The van der Waals surface area contributed by atoms with Crippen molar-refractivity contribution >= 4 is 83.9 Å². The van der Waals surface area contributed by atoms with Crippen LogP contribution in [-0.4, -0.2) is 16.0 Å². The molecule has 0 aliphatic rings. The third-order valence-corrected chi connectivity index (χ3v) is 5.61. The predicted octanol–water partition coefficient (Wildman–Crippen LogP) is 5.88. The van der Waals surface area contributed by atoms with Gasteiger partial charge in [-0.15, -0.1) is 0 Å². The van der Waals surface area contributed by atoms with Crippen LogP contribution in [-0.2, 0) is 0 Å². The normalized spacial score (nSPS) is 10.9. The minimum absolute atomic E-state index is 0.171. The van der Waals surface area contributed by atoms with Gasteiger partial charge in [-0.05, 0) is 47.9 Å². The lowest BCUT2D eigenvalue weighted by molar-refractivity contribution is 0.0979. The average molecular weight is 432 g/mol. The number of hydrogen-bond donors (Lipinski definition) is 2. The van der Waals surface area contributed by atoms with Gasteiger partial charge >= 0.3 is 0 Å². The standard InChI is InChI=1S/C19H11Cl2N3OS2/c20-10-7-8-15-16(9-10)27-19(22-15)24-18(26)23-17(25)13-5-1-4-12-11(13)3-2-6-14(12)21/h1-9H,(H2,22,23,24,25,26). The number of nitrogens with one attached hydrogen (secondary N) is 2. The van der Waals surface area contributed by atoms with Crippen LogP contribution in [0.15, 0.2) is 54.6 Å². The van der Waals surface area contributed by atoms with Crippen LogP contribution < -0.4 is 10.6 Å². The van der Waals surface area contributed by atoms with Crippen molar-refractivity contribution in [2.24, 2.45) is 0 Å². The second kappa shape index (κ2) is 7.40. The zero-order valence-electron chi connectivity index (χ0n) is 13.6. The lowest BCUT2D eigenvalue weighted by atomic mass is 10.0. The van der Waals surface area contributed by atoms with Crippen LogP contribution in [0.1, 0.15) is 10.4 Å². The van der Waals surface area contributed by atoms with Crippen LogP contribution in [0.2, 0.25) is 10.0 Å². The minimum atomic E-state index is -0.315. The van der Waals surface area contributed by atoms with E-state index in [0.29, 0.717) is 20.7 Å². The fraction of sp³-hybridized carbons (Fsp3) is 0. The van der Waals surface area contributed by atoms with Gasteiger partial charge in [-0.25, -0.2) is 4.98 Å². The van der Waals surface area contributed by atoms with E-state index in [9.17, 15) is 4.79 Å². The number of nitrogens with zero attached hydrogens (tertiary/aromatic N) is 1. The number of hydrogen-bond acceptors (Lipinski definition) is 4. The van der Waals surface area contributed by atoms with Crippen molar-refractivity contribution in [2.45, 2.75) is 0 Å². The van der Waals surface area contributed by atoms with Crippen LogP contribution in [0.4, 0.5) is 5.13 Å². The number of carbonyl (C=O) groups excluding carboxylic acids is 1. The monoisotopic (exact) mass is 431 g/mol. The molecular formula is C19H11Cl2N3OS2. The number of amides is 1. The Bertz CT molecular complexity index is 1210. The first-order chi connectivity index (χ1) is 13.0. The van der Waals surface area contributed by atoms with Crippen LogP contribution in [0, 0.1) is 0 Å².